The first kappa shape index (κ1) is 30.7. The van der Waals surface area contributed by atoms with Crippen LogP contribution < -0.4 is 25.8 Å². The van der Waals surface area contributed by atoms with E-state index >= 15 is 0 Å². The Morgan fingerprint density at radius 3 is 2.61 bits per heavy atom. The number of aromatic carboxylic acids is 1. The molecule has 0 saturated heterocycles. The molecular formula is C33H34N4O6S. The van der Waals surface area contributed by atoms with Gasteiger partial charge >= 0.3 is 5.97 Å². The van der Waals surface area contributed by atoms with Crippen LogP contribution in [0.15, 0.2) is 53.9 Å². The summed E-state index contributed by atoms with van der Waals surface area (Å²) >= 11 is 1.55. The number of ether oxygens (including phenoxy) is 2. The van der Waals surface area contributed by atoms with E-state index in [4.69, 9.17) is 15.2 Å². The second kappa shape index (κ2) is 13.3. The average Bonchev–Trinajstić information content (AvgIpc) is 3.41. The van der Waals surface area contributed by atoms with Gasteiger partial charge in [-0.15, -0.1) is 11.3 Å². The summed E-state index contributed by atoms with van der Waals surface area (Å²) in [7, 11) is 0. The fourth-order valence-corrected chi connectivity index (χ4v) is 5.94. The van der Waals surface area contributed by atoms with Crippen molar-refractivity contribution in [2.45, 2.75) is 46.3 Å². The molecule has 228 valence electrons. The van der Waals surface area contributed by atoms with Crippen molar-refractivity contribution < 1.29 is 29.0 Å². The summed E-state index contributed by atoms with van der Waals surface area (Å²) in [4.78, 5) is 44.4. The molecule has 2 aromatic carbocycles. The molecule has 5 N–H and O–H groups in total. The van der Waals surface area contributed by atoms with Gasteiger partial charge in [0.05, 0.1) is 18.4 Å². The van der Waals surface area contributed by atoms with E-state index in [9.17, 15) is 19.5 Å². The molecule has 11 heteroatoms. The molecule has 2 aromatic heterocycles. The van der Waals surface area contributed by atoms with Crippen molar-refractivity contribution in [3.05, 3.63) is 82.0 Å². The molecule has 5 rings (SSSR count). The van der Waals surface area contributed by atoms with Crippen LogP contribution in [0.25, 0.3) is 21.6 Å². The van der Waals surface area contributed by atoms with Crippen molar-refractivity contribution in [3.63, 3.8) is 0 Å². The Labute approximate surface area is 259 Å². The molecule has 2 amide bonds. The van der Waals surface area contributed by atoms with Gasteiger partial charge in [0.25, 0.3) is 11.8 Å². The van der Waals surface area contributed by atoms with Gasteiger partial charge in [-0.1, -0.05) is 13.0 Å². The lowest BCUT2D eigenvalue weighted by Gasteiger charge is -2.19. The van der Waals surface area contributed by atoms with E-state index in [1.165, 1.54) is 12.1 Å². The van der Waals surface area contributed by atoms with Gasteiger partial charge in [0.2, 0.25) is 0 Å². The van der Waals surface area contributed by atoms with Gasteiger partial charge in [0.1, 0.15) is 17.2 Å². The van der Waals surface area contributed by atoms with E-state index in [-0.39, 0.29) is 28.6 Å². The summed E-state index contributed by atoms with van der Waals surface area (Å²) in [6.45, 7) is 6.84. The fraction of sp³-hybridized carbons (Fsp3) is 0.273. The second-order valence-electron chi connectivity index (χ2n) is 10.6. The Kier molecular flexibility index (Phi) is 9.26. The number of pyridine rings is 1. The molecule has 0 spiro atoms. The van der Waals surface area contributed by atoms with E-state index in [0.29, 0.717) is 55.3 Å². The normalized spacial score (nSPS) is 12.0. The number of carbonyl (C=O) groups excluding carboxylic acids is 2. The van der Waals surface area contributed by atoms with Gasteiger partial charge in [0.15, 0.2) is 5.69 Å². The topological polar surface area (TPSA) is 153 Å². The van der Waals surface area contributed by atoms with Crippen molar-refractivity contribution in [3.8, 4) is 33.1 Å². The number of anilines is 1. The Hall–Kier alpha value is -4.74. The highest BCUT2D eigenvalue weighted by atomic mass is 32.1. The first-order valence-electron chi connectivity index (χ1n) is 14.4. The van der Waals surface area contributed by atoms with Crippen molar-refractivity contribution in [1.82, 2.24) is 10.3 Å². The maximum Gasteiger partial charge on any atom is 0.355 e. The van der Waals surface area contributed by atoms with Gasteiger partial charge in [-0.3, -0.25) is 9.59 Å². The molecule has 0 aliphatic carbocycles. The van der Waals surface area contributed by atoms with Crippen LogP contribution in [0.1, 0.15) is 69.7 Å². The van der Waals surface area contributed by atoms with E-state index in [2.05, 4.69) is 15.6 Å². The number of nitrogens with two attached hydrogens (primary N) is 1. The third-order valence-electron chi connectivity index (χ3n) is 7.03. The Balaban J connectivity index is 1.66. The van der Waals surface area contributed by atoms with Gasteiger partial charge in [-0.05, 0) is 79.2 Å². The largest absolute Gasteiger partial charge is 0.493 e. The number of amides is 2. The maximum absolute atomic E-state index is 14.1. The van der Waals surface area contributed by atoms with Crippen LogP contribution in [0.4, 0.5) is 5.69 Å². The Morgan fingerprint density at radius 2 is 1.89 bits per heavy atom. The third kappa shape index (κ3) is 6.43. The van der Waals surface area contributed by atoms with Crippen molar-refractivity contribution in [2.24, 2.45) is 5.73 Å². The second-order valence-corrected chi connectivity index (χ2v) is 11.5. The standard InChI is InChI=1S/C33H34N4O6S/c1-4-11-35-32(39)26-8-6-21(29(36-26)33(40)41)22-16-27-24(30-20(9-12-42-27)10-13-44-30)15-23(22)31(38)37-25-7-5-19(17-34)14-28(25)43-18(2)3/h5-8,10,13-16,18H,4,9,11-12,17,34H2,1-3H3,(H,35,39)(H,37,38)(H,40,41). The third-order valence-corrected chi connectivity index (χ3v) is 8.02. The quantitative estimate of drug-likeness (QED) is 0.176. The van der Waals surface area contributed by atoms with Crippen LogP contribution in [-0.2, 0) is 13.0 Å². The fourth-order valence-electron chi connectivity index (χ4n) is 4.96. The van der Waals surface area contributed by atoms with Crippen LogP contribution >= 0.6 is 11.3 Å². The summed E-state index contributed by atoms with van der Waals surface area (Å²) in [5.41, 5.74) is 9.26. The lowest BCUT2D eigenvalue weighted by Crippen LogP contribution is -2.25. The SMILES string of the molecule is CCCNC(=O)c1ccc(-c2cc3c(cc2C(=O)Nc2ccc(CN)cc2OC(C)C)-c2sccc2CCO3)c(C(=O)O)n1. The van der Waals surface area contributed by atoms with Crippen molar-refractivity contribution in [2.75, 3.05) is 18.5 Å². The number of carboxylic acid groups (broad SMARTS) is 1. The molecule has 4 aromatic rings. The number of thiophene rings is 1. The molecule has 3 heterocycles. The smallest absolute Gasteiger partial charge is 0.355 e. The predicted octanol–water partition coefficient (Wildman–Crippen LogP) is 5.75. The van der Waals surface area contributed by atoms with Gasteiger partial charge in [-0.2, -0.15) is 0 Å². The summed E-state index contributed by atoms with van der Waals surface area (Å²) < 4.78 is 12.1. The number of nitrogens with one attached hydrogen (secondary N) is 2. The molecule has 0 fully saturated rings. The Bertz CT molecular complexity index is 1730. The van der Waals surface area contributed by atoms with Crippen LogP contribution in [0.2, 0.25) is 0 Å². The number of carboxylic acids is 1. The van der Waals surface area contributed by atoms with E-state index < -0.39 is 17.8 Å². The molecule has 0 atom stereocenters. The number of benzene rings is 2. The zero-order chi connectivity index (χ0) is 31.4. The molecule has 0 bridgehead atoms. The highest BCUT2D eigenvalue weighted by Crippen LogP contribution is 2.43. The molecule has 0 unspecified atom stereocenters. The highest BCUT2D eigenvalue weighted by molar-refractivity contribution is 7.13. The number of hydrogen-bond donors (Lipinski definition) is 4. The first-order chi connectivity index (χ1) is 21.2. The molecule has 10 nitrogen and oxygen atoms in total. The molecule has 1 aliphatic rings. The number of rotatable bonds is 10. The van der Waals surface area contributed by atoms with Gasteiger partial charge in [0, 0.05) is 46.6 Å². The number of carbonyl (C=O) groups is 3. The van der Waals surface area contributed by atoms with Crippen LogP contribution in [-0.4, -0.2) is 47.1 Å². The number of aromatic nitrogens is 1. The first-order valence-corrected chi connectivity index (χ1v) is 15.3. The minimum atomic E-state index is -1.34. The van der Waals surface area contributed by atoms with Gasteiger partial charge < -0.3 is 30.9 Å². The minimum absolute atomic E-state index is 0.0321. The summed E-state index contributed by atoms with van der Waals surface area (Å²) in [6.07, 6.45) is 1.25. The average molecular weight is 615 g/mol. The number of fused-ring (bicyclic) bond motifs is 3. The molecule has 0 saturated carbocycles. The van der Waals surface area contributed by atoms with Crippen molar-refractivity contribution in [1.29, 1.82) is 0 Å². The van der Waals surface area contributed by atoms with Crippen LogP contribution in [0.3, 0.4) is 0 Å². The van der Waals surface area contributed by atoms with Crippen LogP contribution in [0, 0.1) is 0 Å². The maximum atomic E-state index is 14.1. The lowest BCUT2D eigenvalue weighted by molar-refractivity contribution is 0.0691. The number of nitrogens with zero attached hydrogens (tertiary/aromatic N) is 1. The van der Waals surface area contributed by atoms with Crippen LogP contribution in [0.5, 0.6) is 11.5 Å². The lowest BCUT2D eigenvalue weighted by atomic mass is 9.93. The molecular weight excluding hydrogens is 580 g/mol. The summed E-state index contributed by atoms with van der Waals surface area (Å²) in [5.74, 6) is -1.31. The molecule has 44 heavy (non-hydrogen) atoms. The van der Waals surface area contributed by atoms with Gasteiger partial charge in [-0.25, -0.2) is 9.78 Å². The zero-order valence-electron chi connectivity index (χ0n) is 24.7. The molecule has 0 radical (unpaired) electrons. The highest BCUT2D eigenvalue weighted by Gasteiger charge is 2.27. The van der Waals surface area contributed by atoms with E-state index in [1.807, 2.05) is 32.2 Å². The molecule has 1 aliphatic heterocycles. The van der Waals surface area contributed by atoms with E-state index in [0.717, 1.165) is 21.6 Å². The predicted molar refractivity (Wildman–Crippen MR) is 170 cm³/mol. The number of hydrogen-bond acceptors (Lipinski definition) is 8. The summed E-state index contributed by atoms with van der Waals surface area (Å²) in [6, 6.07) is 13.7. The zero-order valence-corrected chi connectivity index (χ0v) is 25.5. The Morgan fingerprint density at radius 1 is 1.07 bits per heavy atom. The monoisotopic (exact) mass is 614 g/mol. The minimum Gasteiger partial charge on any atom is -0.493 e. The van der Waals surface area contributed by atoms with Crippen molar-refractivity contribution >= 4 is 34.8 Å². The van der Waals surface area contributed by atoms with E-state index in [1.54, 1.807) is 41.7 Å². The summed E-state index contributed by atoms with van der Waals surface area (Å²) in [5, 5.41) is 17.9.